The molecule has 1 atom stereocenters. The fraction of sp³-hybridized carbons (Fsp3) is 0.400. The van der Waals surface area contributed by atoms with E-state index in [1.807, 2.05) is 13.0 Å². The zero-order chi connectivity index (χ0) is 10.6. The number of aliphatic hydroxyl groups is 1. The maximum absolute atomic E-state index is 10.9. The van der Waals surface area contributed by atoms with Gasteiger partial charge in [0.25, 0.3) is 0 Å². The van der Waals surface area contributed by atoms with Crippen molar-refractivity contribution in [2.45, 2.75) is 19.4 Å². The van der Waals surface area contributed by atoms with Crippen molar-refractivity contribution in [2.24, 2.45) is 0 Å². The number of carbonyl (C=O) groups is 1. The minimum atomic E-state index is -1.11. The van der Waals surface area contributed by atoms with Gasteiger partial charge in [0.1, 0.15) is 0 Å². The number of aryl methyl sites for hydroxylation is 1. The van der Waals surface area contributed by atoms with Crippen LogP contribution in [0.2, 0.25) is 0 Å². The Kier molecular flexibility index (Phi) is 3.59. The van der Waals surface area contributed by atoms with Crippen molar-refractivity contribution in [3.8, 4) is 0 Å². The first-order valence-electron chi connectivity index (χ1n) is 4.31. The van der Waals surface area contributed by atoms with Crippen LogP contribution in [0.5, 0.6) is 0 Å². The van der Waals surface area contributed by atoms with E-state index in [-0.39, 0.29) is 6.42 Å². The zero-order valence-corrected chi connectivity index (χ0v) is 8.23. The Bertz CT molecular complexity index is 325. The molecule has 0 saturated carbocycles. The van der Waals surface area contributed by atoms with Crippen molar-refractivity contribution in [3.05, 3.63) is 29.6 Å². The molecule has 4 nitrogen and oxygen atoms in total. The van der Waals surface area contributed by atoms with Gasteiger partial charge in [-0.05, 0) is 18.6 Å². The van der Waals surface area contributed by atoms with E-state index in [1.54, 1.807) is 12.3 Å². The Morgan fingerprint density at radius 3 is 3.00 bits per heavy atom. The first-order chi connectivity index (χ1) is 6.65. The lowest BCUT2D eigenvalue weighted by Gasteiger charge is -2.09. The molecule has 0 aliphatic rings. The summed E-state index contributed by atoms with van der Waals surface area (Å²) >= 11 is 0. The second kappa shape index (κ2) is 4.72. The quantitative estimate of drug-likeness (QED) is 0.712. The van der Waals surface area contributed by atoms with Crippen LogP contribution in [0.3, 0.4) is 0 Å². The number of nitrogens with zero attached hydrogens (tertiary/aromatic N) is 1. The second-order valence-electron chi connectivity index (χ2n) is 2.99. The summed E-state index contributed by atoms with van der Waals surface area (Å²) < 4.78 is 4.41. The lowest BCUT2D eigenvalue weighted by atomic mass is 10.1. The standard InChI is InChI=1S/C10H13NO3/c1-7-8(4-3-5-11-7)6-9(12)10(13)14-2/h3-5,9,12H,6H2,1-2H3. The largest absolute Gasteiger partial charge is 0.467 e. The van der Waals surface area contributed by atoms with Crippen LogP contribution in [0.25, 0.3) is 0 Å². The van der Waals surface area contributed by atoms with Crippen LogP contribution < -0.4 is 0 Å². The number of aromatic nitrogens is 1. The molecule has 0 aliphatic carbocycles. The van der Waals surface area contributed by atoms with Crippen LogP contribution in [-0.4, -0.2) is 29.3 Å². The molecular weight excluding hydrogens is 182 g/mol. The first-order valence-corrected chi connectivity index (χ1v) is 4.31. The van der Waals surface area contributed by atoms with E-state index in [0.29, 0.717) is 0 Å². The second-order valence-corrected chi connectivity index (χ2v) is 2.99. The molecule has 0 saturated heterocycles. The van der Waals surface area contributed by atoms with Crippen molar-refractivity contribution >= 4 is 5.97 Å². The van der Waals surface area contributed by atoms with Crippen molar-refractivity contribution < 1.29 is 14.6 Å². The Hall–Kier alpha value is -1.42. The summed E-state index contributed by atoms with van der Waals surface area (Å²) in [5.74, 6) is -0.617. The molecule has 0 aliphatic heterocycles. The molecular formula is C10H13NO3. The molecule has 0 amide bonds. The Balaban J connectivity index is 2.69. The van der Waals surface area contributed by atoms with Crippen LogP contribution in [0, 0.1) is 6.92 Å². The van der Waals surface area contributed by atoms with E-state index in [0.717, 1.165) is 11.3 Å². The fourth-order valence-electron chi connectivity index (χ4n) is 1.16. The van der Waals surface area contributed by atoms with Gasteiger partial charge in [0.05, 0.1) is 7.11 Å². The summed E-state index contributed by atoms with van der Waals surface area (Å²) in [7, 11) is 1.25. The maximum Gasteiger partial charge on any atom is 0.335 e. The van der Waals surface area contributed by atoms with Crippen LogP contribution in [-0.2, 0) is 16.0 Å². The number of rotatable bonds is 3. The lowest BCUT2D eigenvalue weighted by molar-refractivity contribution is -0.150. The van der Waals surface area contributed by atoms with Gasteiger partial charge in [-0.3, -0.25) is 4.98 Å². The molecule has 1 aromatic heterocycles. The molecule has 0 radical (unpaired) electrons. The van der Waals surface area contributed by atoms with Gasteiger partial charge in [-0.25, -0.2) is 4.79 Å². The highest BCUT2D eigenvalue weighted by Gasteiger charge is 2.16. The monoisotopic (exact) mass is 195 g/mol. The molecule has 14 heavy (non-hydrogen) atoms. The van der Waals surface area contributed by atoms with Crippen LogP contribution in [0.15, 0.2) is 18.3 Å². The van der Waals surface area contributed by atoms with Crippen molar-refractivity contribution in [1.82, 2.24) is 4.98 Å². The molecule has 1 heterocycles. The number of pyridine rings is 1. The minimum absolute atomic E-state index is 0.242. The first kappa shape index (κ1) is 10.7. The van der Waals surface area contributed by atoms with Gasteiger partial charge in [-0.1, -0.05) is 6.07 Å². The van der Waals surface area contributed by atoms with Crippen LogP contribution in [0.1, 0.15) is 11.3 Å². The van der Waals surface area contributed by atoms with Gasteiger partial charge in [0.15, 0.2) is 6.10 Å². The number of carbonyl (C=O) groups excluding carboxylic acids is 1. The summed E-state index contributed by atoms with van der Waals surface area (Å²) in [6.45, 7) is 1.83. The van der Waals surface area contributed by atoms with Gasteiger partial charge >= 0.3 is 5.97 Å². The number of aliphatic hydroxyl groups excluding tert-OH is 1. The van der Waals surface area contributed by atoms with E-state index >= 15 is 0 Å². The molecule has 1 rings (SSSR count). The molecule has 0 spiro atoms. The summed E-state index contributed by atoms with van der Waals surface area (Å²) in [6, 6.07) is 3.60. The number of esters is 1. The number of hydrogen-bond donors (Lipinski definition) is 1. The zero-order valence-electron chi connectivity index (χ0n) is 8.23. The third kappa shape index (κ3) is 2.53. The molecule has 0 fully saturated rings. The number of methoxy groups -OCH3 is 1. The third-order valence-electron chi connectivity index (χ3n) is 2.00. The Labute approximate surface area is 82.5 Å². The summed E-state index contributed by atoms with van der Waals surface area (Å²) in [6.07, 6.45) is 0.804. The average molecular weight is 195 g/mol. The molecule has 0 aromatic carbocycles. The minimum Gasteiger partial charge on any atom is -0.467 e. The van der Waals surface area contributed by atoms with Crippen molar-refractivity contribution in [3.63, 3.8) is 0 Å². The van der Waals surface area contributed by atoms with Gasteiger partial charge in [0.2, 0.25) is 0 Å². The SMILES string of the molecule is COC(=O)C(O)Cc1cccnc1C. The number of ether oxygens (including phenoxy) is 1. The highest BCUT2D eigenvalue weighted by molar-refractivity contribution is 5.74. The summed E-state index contributed by atoms with van der Waals surface area (Å²) in [5, 5.41) is 9.39. The van der Waals surface area contributed by atoms with Gasteiger partial charge in [0, 0.05) is 18.3 Å². The van der Waals surface area contributed by atoms with Crippen molar-refractivity contribution in [2.75, 3.05) is 7.11 Å². The van der Waals surface area contributed by atoms with Gasteiger partial charge in [-0.2, -0.15) is 0 Å². The fourth-order valence-corrected chi connectivity index (χ4v) is 1.16. The number of hydrogen-bond acceptors (Lipinski definition) is 4. The normalized spacial score (nSPS) is 12.2. The van der Waals surface area contributed by atoms with Gasteiger partial charge < -0.3 is 9.84 Å². The third-order valence-corrected chi connectivity index (χ3v) is 2.00. The van der Waals surface area contributed by atoms with E-state index in [1.165, 1.54) is 7.11 Å². The predicted molar refractivity (Wildman–Crippen MR) is 50.7 cm³/mol. The molecule has 1 N–H and O–H groups in total. The topological polar surface area (TPSA) is 59.4 Å². The van der Waals surface area contributed by atoms with E-state index in [2.05, 4.69) is 9.72 Å². The maximum atomic E-state index is 10.9. The van der Waals surface area contributed by atoms with E-state index in [9.17, 15) is 9.90 Å². The highest BCUT2D eigenvalue weighted by Crippen LogP contribution is 2.07. The summed E-state index contributed by atoms with van der Waals surface area (Å²) in [4.78, 5) is 15.0. The van der Waals surface area contributed by atoms with Crippen LogP contribution in [0.4, 0.5) is 0 Å². The molecule has 1 aromatic rings. The van der Waals surface area contributed by atoms with Crippen molar-refractivity contribution in [1.29, 1.82) is 0 Å². The molecule has 0 bridgehead atoms. The lowest BCUT2D eigenvalue weighted by Crippen LogP contribution is -2.24. The van der Waals surface area contributed by atoms with E-state index in [4.69, 9.17) is 0 Å². The Morgan fingerprint density at radius 1 is 1.71 bits per heavy atom. The molecule has 76 valence electrons. The molecule has 4 heteroatoms. The van der Waals surface area contributed by atoms with Crippen LogP contribution >= 0.6 is 0 Å². The van der Waals surface area contributed by atoms with Gasteiger partial charge in [-0.15, -0.1) is 0 Å². The van der Waals surface area contributed by atoms with E-state index < -0.39 is 12.1 Å². The smallest absolute Gasteiger partial charge is 0.335 e. The average Bonchev–Trinajstić information content (AvgIpc) is 2.20. The predicted octanol–water partition coefficient (Wildman–Crippen LogP) is 0.466. The molecule has 1 unspecified atom stereocenters. The highest BCUT2D eigenvalue weighted by atomic mass is 16.5. The Morgan fingerprint density at radius 2 is 2.43 bits per heavy atom. The summed E-state index contributed by atoms with van der Waals surface area (Å²) in [5.41, 5.74) is 1.67.